The van der Waals surface area contributed by atoms with Gasteiger partial charge in [0.25, 0.3) is 11.8 Å². The van der Waals surface area contributed by atoms with Crippen molar-refractivity contribution in [3.63, 3.8) is 0 Å². The summed E-state index contributed by atoms with van der Waals surface area (Å²) in [6, 6.07) is 23.1. The monoisotopic (exact) mass is 453 g/mol. The maximum atomic E-state index is 12.8. The molecule has 1 aliphatic rings. The molecule has 1 heterocycles. The number of carbonyl (C=O) groups excluding carboxylic acids is 3. The Bertz CT molecular complexity index is 1280. The van der Waals surface area contributed by atoms with Gasteiger partial charge < -0.3 is 10.1 Å². The van der Waals surface area contributed by atoms with Crippen LogP contribution in [0.1, 0.15) is 28.4 Å². The lowest BCUT2D eigenvalue weighted by Gasteiger charge is -2.11. The Morgan fingerprint density at radius 3 is 2.29 bits per heavy atom. The molecular formula is C27H23N3O4. The fraction of sp³-hybridized carbons (Fsp3) is 0.111. The first-order chi connectivity index (χ1) is 16.4. The number of para-hydroxylation sites is 1. The van der Waals surface area contributed by atoms with E-state index >= 15 is 0 Å². The van der Waals surface area contributed by atoms with Gasteiger partial charge in [-0.2, -0.15) is 10.1 Å². The van der Waals surface area contributed by atoms with Gasteiger partial charge in [0.1, 0.15) is 0 Å². The summed E-state index contributed by atoms with van der Waals surface area (Å²) < 4.78 is 5.11. The van der Waals surface area contributed by atoms with Crippen LogP contribution in [0.5, 0.6) is 0 Å². The summed E-state index contributed by atoms with van der Waals surface area (Å²) in [5, 5.41) is 8.41. The molecule has 0 saturated carbocycles. The third kappa shape index (κ3) is 5.27. The number of hydrogen-bond donors (Lipinski definition) is 1. The third-order valence-corrected chi connectivity index (χ3v) is 5.19. The average Bonchev–Trinajstić information content (AvgIpc) is 3.13. The second-order valence-corrected chi connectivity index (χ2v) is 7.81. The number of amides is 2. The number of rotatable bonds is 6. The van der Waals surface area contributed by atoms with Crippen LogP contribution in [0.4, 0.5) is 11.4 Å². The number of nitrogens with zero attached hydrogens (tertiary/aromatic N) is 2. The summed E-state index contributed by atoms with van der Waals surface area (Å²) in [5.41, 5.74) is 4.54. The summed E-state index contributed by atoms with van der Waals surface area (Å²) in [4.78, 5) is 37.2. The summed E-state index contributed by atoms with van der Waals surface area (Å²) in [6.45, 7) is 3.34. The highest BCUT2D eigenvalue weighted by Gasteiger charge is 2.28. The van der Waals surface area contributed by atoms with Crippen LogP contribution < -0.4 is 10.3 Å². The Labute approximate surface area is 197 Å². The van der Waals surface area contributed by atoms with E-state index in [1.807, 2.05) is 49.4 Å². The minimum Gasteiger partial charge on any atom is -0.452 e. The first kappa shape index (κ1) is 22.7. The normalized spacial score (nSPS) is 14.2. The molecule has 0 unspecified atom stereocenters. The van der Waals surface area contributed by atoms with Gasteiger partial charge in [-0.15, -0.1) is 0 Å². The molecule has 7 heteroatoms. The number of ether oxygens (including phenoxy) is 1. The summed E-state index contributed by atoms with van der Waals surface area (Å²) in [6.07, 6.45) is 1.73. The van der Waals surface area contributed by atoms with Crippen molar-refractivity contribution in [2.24, 2.45) is 5.10 Å². The number of benzene rings is 3. The molecule has 0 spiro atoms. The van der Waals surface area contributed by atoms with Crippen LogP contribution in [0.25, 0.3) is 6.08 Å². The molecule has 0 aromatic heterocycles. The number of hydrogen-bond acceptors (Lipinski definition) is 5. The van der Waals surface area contributed by atoms with Crippen molar-refractivity contribution in [1.29, 1.82) is 0 Å². The maximum absolute atomic E-state index is 12.8. The smallest absolute Gasteiger partial charge is 0.338 e. The maximum Gasteiger partial charge on any atom is 0.338 e. The fourth-order valence-electron chi connectivity index (χ4n) is 3.36. The van der Waals surface area contributed by atoms with Gasteiger partial charge >= 0.3 is 5.97 Å². The van der Waals surface area contributed by atoms with Gasteiger partial charge in [-0.1, -0.05) is 48.0 Å². The van der Waals surface area contributed by atoms with Gasteiger partial charge in [0, 0.05) is 5.69 Å². The molecule has 3 aromatic rings. The fourth-order valence-corrected chi connectivity index (χ4v) is 3.36. The molecule has 1 aliphatic heterocycles. The predicted molar refractivity (Wildman–Crippen MR) is 132 cm³/mol. The SMILES string of the molecule is CC1=NN(c2ccccc2)C(=O)/C1=C/c1ccc(C(=O)OCC(=O)Nc2ccc(C)cc2)cc1. The highest BCUT2D eigenvalue weighted by molar-refractivity contribution is 6.32. The molecule has 0 fully saturated rings. The number of esters is 1. The highest BCUT2D eigenvalue weighted by Crippen LogP contribution is 2.24. The summed E-state index contributed by atoms with van der Waals surface area (Å²) in [7, 11) is 0. The Morgan fingerprint density at radius 1 is 0.941 bits per heavy atom. The molecule has 0 atom stereocenters. The zero-order valence-electron chi connectivity index (χ0n) is 18.8. The van der Waals surface area contributed by atoms with E-state index < -0.39 is 18.5 Å². The van der Waals surface area contributed by atoms with E-state index in [0.717, 1.165) is 11.1 Å². The first-order valence-electron chi connectivity index (χ1n) is 10.7. The summed E-state index contributed by atoms with van der Waals surface area (Å²) >= 11 is 0. The van der Waals surface area contributed by atoms with Crippen molar-refractivity contribution in [3.05, 3.63) is 101 Å². The van der Waals surface area contributed by atoms with Crippen LogP contribution in [0.2, 0.25) is 0 Å². The van der Waals surface area contributed by atoms with Gasteiger partial charge in [-0.3, -0.25) is 9.59 Å². The molecule has 2 amide bonds. The molecule has 7 nitrogen and oxygen atoms in total. The lowest BCUT2D eigenvalue weighted by Crippen LogP contribution is -2.21. The zero-order valence-corrected chi connectivity index (χ0v) is 18.8. The number of anilines is 2. The van der Waals surface area contributed by atoms with E-state index in [2.05, 4.69) is 10.4 Å². The minimum absolute atomic E-state index is 0.216. The van der Waals surface area contributed by atoms with E-state index in [0.29, 0.717) is 28.2 Å². The van der Waals surface area contributed by atoms with Gasteiger partial charge in [0.15, 0.2) is 6.61 Å². The largest absolute Gasteiger partial charge is 0.452 e. The highest BCUT2D eigenvalue weighted by atomic mass is 16.5. The van der Waals surface area contributed by atoms with Crippen molar-refractivity contribution < 1.29 is 19.1 Å². The zero-order chi connectivity index (χ0) is 24.1. The number of carbonyl (C=O) groups is 3. The number of nitrogens with one attached hydrogen (secondary N) is 1. The topological polar surface area (TPSA) is 88.1 Å². The molecule has 4 rings (SSSR count). The minimum atomic E-state index is -0.608. The quantitative estimate of drug-likeness (QED) is 0.437. The standard InChI is InChI=1S/C27H23N3O4/c1-18-8-14-22(15-9-18)28-25(31)17-34-27(33)21-12-10-20(11-13-21)16-24-19(2)29-30(26(24)32)23-6-4-3-5-7-23/h3-16H,17H2,1-2H3,(H,28,31)/b24-16+. The second kappa shape index (κ2) is 9.95. The second-order valence-electron chi connectivity index (χ2n) is 7.81. The van der Waals surface area contributed by atoms with Gasteiger partial charge in [-0.05, 0) is 61.9 Å². The Balaban J connectivity index is 1.36. The van der Waals surface area contributed by atoms with Crippen LogP contribution in [0.3, 0.4) is 0 Å². The Hall–Kier alpha value is -4.52. The Morgan fingerprint density at radius 2 is 1.62 bits per heavy atom. The van der Waals surface area contributed by atoms with E-state index in [1.54, 1.807) is 49.4 Å². The predicted octanol–water partition coefficient (Wildman–Crippen LogP) is 4.60. The molecule has 0 aliphatic carbocycles. The number of hydrazone groups is 1. The lowest BCUT2D eigenvalue weighted by molar-refractivity contribution is -0.119. The summed E-state index contributed by atoms with van der Waals surface area (Å²) in [5.74, 6) is -1.24. The molecule has 0 saturated heterocycles. The third-order valence-electron chi connectivity index (χ3n) is 5.19. The van der Waals surface area contributed by atoms with Crippen molar-refractivity contribution in [2.45, 2.75) is 13.8 Å². The molecule has 0 radical (unpaired) electrons. The van der Waals surface area contributed by atoms with Crippen LogP contribution in [-0.2, 0) is 14.3 Å². The molecule has 3 aromatic carbocycles. The van der Waals surface area contributed by atoms with E-state index in [9.17, 15) is 14.4 Å². The van der Waals surface area contributed by atoms with Crippen molar-refractivity contribution >= 4 is 40.9 Å². The number of aryl methyl sites for hydroxylation is 1. The van der Waals surface area contributed by atoms with Gasteiger partial charge in [-0.25, -0.2) is 4.79 Å². The molecule has 170 valence electrons. The van der Waals surface area contributed by atoms with Crippen molar-refractivity contribution in [3.8, 4) is 0 Å². The average molecular weight is 453 g/mol. The van der Waals surface area contributed by atoms with Crippen LogP contribution in [0, 0.1) is 6.92 Å². The molecule has 1 N–H and O–H groups in total. The molecular weight excluding hydrogens is 430 g/mol. The van der Waals surface area contributed by atoms with Crippen LogP contribution in [0.15, 0.2) is 89.5 Å². The molecule has 34 heavy (non-hydrogen) atoms. The van der Waals surface area contributed by atoms with Gasteiger partial charge in [0.05, 0.1) is 22.5 Å². The van der Waals surface area contributed by atoms with E-state index in [-0.39, 0.29) is 5.91 Å². The molecule has 0 bridgehead atoms. The Kier molecular flexibility index (Phi) is 6.64. The van der Waals surface area contributed by atoms with Crippen molar-refractivity contribution in [2.75, 3.05) is 16.9 Å². The van der Waals surface area contributed by atoms with Crippen molar-refractivity contribution in [1.82, 2.24) is 0 Å². The first-order valence-corrected chi connectivity index (χ1v) is 10.7. The van der Waals surface area contributed by atoms with E-state index in [4.69, 9.17) is 4.74 Å². The lowest BCUT2D eigenvalue weighted by atomic mass is 10.1. The van der Waals surface area contributed by atoms with E-state index in [1.165, 1.54) is 5.01 Å². The van der Waals surface area contributed by atoms with Crippen LogP contribution in [-0.4, -0.2) is 30.1 Å². The van der Waals surface area contributed by atoms with Crippen LogP contribution >= 0.6 is 0 Å². The van der Waals surface area contributed by atoms with Gasteiger partial charge in [0.2, 0.25) is 0 Å².